The topological polar surface area (TPSA) is 43.1 Å². The molecule has 0 spiro atoms. The van der Waals surface area contributed by atoms with Gasteiger partial charge in [0.1, 0.15) is 0 Å². The third-order valence-electron chi connectivity index (χ3n) is 1.70. The van der Waals surface area contributed by atoms with Crippen molar-refractivity contribution in [3.05, 3.63) is 33.9 Å². The van der Waals surface area contributed by atoms with E-state index in [9.17, 15) is 23.3 Å². The molecule has 1 aromatic carbocycles. The fourth-order valence-electron chi connectivity index (χ4n) is 1.00. The van der Waals surface area contributed by atoms with Gasteiger partial charge in [0.2, 0.25) is 0 Å². The Morgan fingerprint density at radius 3 is 2.40 bits per heavy atom. The van der Waals surface area contributed by atoms with Crippen LogP contribution in [-0.2, 0) is 6.18 Å². The molecule has 0 saturated heterocycles. The molecule has 0 aliphatic rings. The standard InChI is InChI=1S/C8H6F3NO2Se/c1-15-7-4-5(8(9,10)11)2-3-6(7)12(13)14/h2-4H,1H3. The zero-order valence-corrected chi connectivity index (χ0v) is 9.25. The Morgan fingerprint density at radius 2 is 2.00 bits per heavy atom. The normalized spacial score (nSPS) is 11.5. The SMILES string of the molecule is C[Se]c1cc(C(F)(F)F)ccc1[N+](=O)[O-]. The van der Waals surface area contributed by atoms with Gasteiger partial charge < -0.3 is 0 Å². The minimum atomic E-state index is -4.45. The molecule has 0 aromatic heterocycles. The number of nitro benzene ring substituents is 1. The van der Waals surface area contributed by atoms with Gasteiger partial charge in [-0.05, 0) is 0 Å². The molecule has 82 valence electrons. The number of alkyl halides is 3. The number of nitrogens with zero attached hydrogens (tertiary/aromatic N) is 1. The van der Waals surface area contributed by atoms with Crippen LogP contribution in [0.4, 0.5) is 18.9 Å². The Morgan fingerprint density at radius 1 is 1.40 bits per heavy atom. The summed E-state index contributed by atoms with van der Waals surface area (Å²) in [5.74, 6) is 1.63. The van der Waals surface area contributed by atoms with Crippen LogP contribution in [0.2, 0.25) is 5.82 Å². The van der Waals surface area contributed by atoms with Crippen molar-refractivity contribution in [2.45, 2.75) is 12.0 Å². The van der Waals surface area contributed by atoms with E-state index in [1.54, 1.807) is 5.82 Å². The van der Waals surface area contributed by atoms with E-state index in [0.29, 0.717) is 0 Å². The Bertz CT molecular complexity index is 392. The predicted molar refractivity (Wildman–Crippen MR) is 49.4 cm³/mol. The summed E-state index contributed by atoms with van der Waals surface area (Å²) < 4.78 is 37.0. The number of hydrogen-bond acceptors (Lipinski definition) is 2. The molecule has 0 unspecified atom stereocenters. The molecule has 0 bridgehead atoms. The maximum atomic E-state index is 12.3. The summed E-state index contributed by atoms with van der Waals surface area (Å²) in [7, 11) is 0. The summed E-state index contributed by atoms with van der Waals surface area (Å²) >= 11 is -0.344. The fraction of sp³-hybridized carbons (Fsp3) is 0.250. The van der Waals surface area contributed by atoms with Gasteiger partial charge >= 0.3 is 89.1 Å². The van der Waals surface area contributed by atoms with Crippen LogP contribution < -0.4 is 4.46 Å². The van der Waals surface area contributed by atoms with E-state index in [4.69, 9.17) is 0 Å². The molecule has 0 heterocycles. The first-order valence-electron chi connectivity index (χ1n) is 3.76. The third-order valence-corrected chi connectivity index (χ3v) is 3.31. The van der Waals surface area contributed by atoms with Gasteiger partial charge in [0, 0.05) is 0 Å². The van der Waals surface area contributed by atoms with E-state index in [1.807, 2.05) is 0 Å². The summed E-state index contributed by atoms with van der Waals surface area (Å²) in [6.07, 6.45) is -4.45. The summed E-state index contributed by atoms with van der Waals surface area (Å²) in [6, 6.07) is 2.48. The van der Waals surface area contributed by atoms with Crippen LogP contribution in [0.5, 0.6) is 0 Å². The Balaban J connectivity index is 3.25. The molecule has 0 saturated carbocycles. The van der Waals surface area contributed by atoms with Crippen molar-refractivity contribution >= 4 is 25.1 Å². The molecule has 1 rings (SSSR count). The molecule has 1 aromatic rings. The van der Waals surface area contributed by atoms with Crippen LogP contribution in [0.15, 0.2) is 18.2 Å². The molecule has 7 heteroatoms. The van der Waals surface area contributed by atoms with Gasteiger partial charge in [-0.2, -0.15) is 0 Å². The summed E-state index contributed by atoms with van der Waals surface area (Å²) in [5.41, 5.74) is -1.09. The second-order valence-electron chi connectivity index (χ2n) is 2.64. The number of halogens is 3. The number of rotatable bonds is 2. The molecule has 0 amide bonds. The summed E-state index contributed by atoms with van der Waals surface area (Å²) in [6.45, 7) is 0. The first-order valence-corrected chi connectivity index (χ1v) is 6.33. The molecule has 0 radical (unpaired) electrons. The van der Waals surface area contributed by atoms with Crippen molar-refractivity contribution in [2.75, 3.05) is 0 Å². The van der Waals surface area contributed by atoms with Gasteiger partial charge in [0.25, 0.3) is 0 Å². The second-order valence-corrected chi connectivity index (χ2v) is 4.42. The summed E-state index contributed by atoms with van der Waals surface area (Å²) in [4.78, 5) is 9.81. The van der Waals surface area contributed by atoms with Crippen molar-refractivity contribution in [1.82, 2.24) is 0 Å². The second kappa shape index (κ2) is 4.20. The zero-order chi connectivity index (χ0) is 11.6. The van der Waals surface area contributed by atoms with Crippen LogP contribution in [0.3, 0.4) is 0 Å². The predicted octanol–water partition coefficient (Wildman–Crippen LogP) is 1.99. The van der Waals surface area contributed by atoms with Gasteiger partial charge in [-0.1, -0.05) is 0 Å². The van der Waals surface area contributed by atoms with Crippen molar-refractivity contribution in [2.24, 2.45) is 0 Å². The van der Waals surface area contributed by atoms with Crippen molar-refractivity contribution in [1.29, 1.82) is 0 Å². The average Bonchev–Trinajstić information content (AvgIpc) is 2.15. The quantitative estimate of drug-likeness (QED) is 0.473. The molecule has 0 aliphatic carbocycles. The van der Waals surface area contributed by atoms with Crippen LogP contribution in [0.25, 0.3) is 0 Å². The van der Waals surface area contributed by atoms with Gasteiger partial charge in [-0.15, -0.1) is 0 Å². The van der Waals surface area contributed by atoms with Gasteiger partial charge in [-0.3, -0.25) is 0 Å². The van der Waals surface area contributed by atoms with Crippen molar-refractivity contribution in [3.8, 4) is 0 Å². The molecule has 3 nitrogen and oxygen atoms in total. The molecule has 15 heavy (non-hydrogen) atoms. The Kier molecular flexibility index (Phi) is 3.36. The van der Waals surface area contributed by atoms with Crippen molar-refractivity contribution in [3.63, 3.8) is 0 Å². The van der Waals surface area contributed by atoms with E-state index in [2.05, 4.69) is 0 Å². The average molecular weight is 284 g/mol. The van der Waals surface area contributed by atoms with Gasteiger partial charge in [-0.25, -0.2) is 0 Å². The minimum absolute atomic E-state index is 0.155. The van der Waals surface area contributed by atoms with E-state index in [0.717, 1.165) is 18.2 Å². The molecule has 0 aliphatic heterocycles. The van der Waals surface area contributed by atoms with E-state index < -0.39 is 16.7 Å². The van der Waals surface area contributed by atoms with Gasteiger partial charge in [0.15, 0.2) is 0 Å². The first-order chi connectivity index (χ1) is 6.86. The zero-order valence-electron chi connectivity index (χ0n) is 7.54. The monoisotopic (exact) mass is 285 g/mol. The van der Waals surface area contributed by atoms with E-state index >= 15 is 0 Å². The van der Waals surface area contributed by atoms with Crippen molar-refractivity contribution < 1.29 is 18.1 Å². The summed E-state index contributed by atoms with van der Waals surface area (Å²) in [5, 5.41) is 10.5. The number of hydrogen-bond donors (Lipinski definition) is 0. The van der Waals surface area contributed by atoms with Crippen LogP contribution >= 0.6 is 0 Å². The van der Waals surface area contributed by atoms with Crippen LogP contribution in [-0.4, -0.2) is 19.9 Å². The number of benzene rings is 1. The molecular formula is C8H6F3NO2Se. The Labute approximate surface area is 89.6 Å². The first kappa shape index (κ1) is 12.0. The Hall–Kier alpha value is -1.07. The van der Waals surface area contributed by atoms with E-state index in [1.165, 1.54) is 0 Å². The van der Waals surface area contributed by atoms with E-state index in [-0.39, 0.29) is 25.1 Å². The molecule has 0 N–H and O–H groups in total. The molecule has 0 fully saturated rings. The maximum absolute atomic E-state index is 12.3. The van der Waals surface area contributed by atoms with Crippen LogP contribution in [0, 0.1) is 10.1 Å². The van der Waals surface area contributed by atoms with Gasteiger partial charge in [0.05, 0.1) is 0 Å². The molecule has 0 atom stereocenters. The van der Waals surface area contributed by atoms with Crippen LogP contribution in [0.1, 0.15) is 5.56 Å². The fourth-order valence-corrected chi connectivity index (χ4v) is 2.26. The number of nitro groups is 1. The molecular weight excluding hydrogens is 278 g/mol. The third kappa shape index (κ3) is 2.70.